The third-order valence-corrected chi connectivity index (χ3v) is 4.05. The molecule has 2 N–H and O–H groups in total. The summed E-state index contributed by atoms with van der Waals surface area (Å²) in [7, 11) is 0. The van der Waals surface area contributed by atoms with Crippen molar-refractivity contribution in [2.75, 3.05) is 6.54 Å². The second-order valence-corrected chi connectivity index (χ2v) is 5.28. The van der Waals surface area contributed by atoms with Crippen LogP contribution < -0.4 is 5.73 Å². The molecule has 0 bridgehead atoms. The molecule has 0 unspecified atom stereocenters. The number of Topliss-reactive ketones (excluding diaryl/α,β-unsaturated/α-hetero) is 1. The first-order valence-corrected chi connectivity index (χ1v) is 6.98. The molecule has 0 aromatic heterocycles. The maximum atomic E-state index is 12.3. The Labute approximate surface area is 100.0 Å². The molecule has 0 atom stereocenters. The summed E-state index contributed by atoms with van der Waals surface area (Å²) in [6.07, 6.45) is 11.2. The number of carbonyl (C=O) groups is 1. The number of carbonyl (C=O) groups excluding carboxylic acids is 1. The Morgan fingerprint density at radius 2 is 1.75 bits per heavy atom. The van der Waals surface area contributed by atoms with Crippen LogP contribution in [0.15, 0.2) is 0 Å². The fourth-order valence-electron chi connectivity index (χ4n) is 2.80. The zero-order valence-electron chi connectivity index (χ0n) is 10.8. The highest BCUT2D eigenvalue weighted by molar-refractivity contribution is 5.85. The van der Waals surface area contributed by atoms with Gasteiger partial charge in [-0.2, -0.15) is 0 Å². The van der Waals surface area contributed by atoms with Gasteiger partial charge in [0, 0.05) is 18.4 Å². The Morgan fingerprint density at radius 3 is 2.25 bits per heavy atom. The van der Waals surface area contributed by atoms with Crippen LogP contribution in [0.1, 0.15) is 71.1 Å². The average Bonchev–Trinajstić information content (AvgIpc) is 2.55. The second kappa shape index (κ2) is 7.05. The summed E-state index contributed by atoms with van der Waals surface area (Å²) in [6, 6.07) is 0. The largest absolute Gasteiger partial charge is 0.329 e. The van der Waals surface area contributed by atoms with E-state index in [4.69, 9.17) is 5.73 Å². The van der Waals surface area contributed by atoms with Gasteiger partial charge in [-0.25, -0.2) is 0 Å². The van der Waals surface area contributed by atoms with Crippen LogP contribution >= 0.6 is 0 Å². The minimum absolute atomic E-state index is 0.149. The van der Waals surface area contributed by atoms with Crippen LogP contribution in [0, 0.1) is 5.41 Å². The summed E-state index contributed by atoms with van der Waals surface area (Å²) in [5.41, 5.74) is 5.74. The van der Waals surface area contributed by atoms with Crippen molar-refractivity contribution in [3.05, 3.63) is 0 Å². The zero-order chi connectivity index (χ0) is 11.9. The van der Waals surface area contributed by atoms with Crippen LogP contribution in [0.5, 0.6) is 0 Å². The van der Waals surface area contributed by atoms with E-state index in [0.717, 1.165) is 25.7 Å². The molecule has 1 fully saturated rings. The summed E-state index contributed by atoms with van der Waals surface area (Å²) in [6.45, 7) is 2.74. The van der Waals surface area contributed by atoms with Crippen LogP contribution in [0.2, 0.25) is 0 Å². The number of hydrogen-bond donors (Lipinski definition) is 1. The van der Waals surface area contributed by atoms with E-state index in [1.807, 2.05) is 0 Å². The molecule has 1 aliphatic rings. The lowest BCUT2D eigenvalue weighted by atomic mass is 9.75. The maximum absolute atomic E-state index is 12.3. The van der Waals surface area contributed by atoms with Gasteiger partial charge in [0.2, 0.25) is 0 Å². The molecular formula is C14H27NO. The van der Waals surface area contributed by atoms with E-state index in [-0.39, 0.29) is 5.41 Å². The minimum Gasteiger partial charge on any atom is -0.329 e. The number of ketones is 1. The third-order valence-electron chi connectivity index (χ3n) is 4.05. The summed E-state index contributed by atoms with van der Waals surface area (Å²) in [5.74, 6) is 0.449. The first-order chi connectivity index (χ1) is 7.75. The van der Waals surface area contributed by atoms with Crippen molar-refractivity contribution in [2.24, 2.45) is 11.1 Å². The van der Waals surface area contributed by atoms with Gasteiger partial charge in [-0.1, -0.05) is 45.4 Å². The average molecular weight is 225 g/mol. The fraction of sp³-hybridized carbons (Fsp3) is 0.929. The Kier molecular flexibility index (Phi) is 6.04. The highest BCUT2D eigenvalue weighted by Crippen LogP contribution is 2.36. The SMILES string of the molecule is CCCCCC(=O)C1(CN)CCCCCC1. The number of rotatable bonds is 6. The summed E-state index contributed by atoms with van der Waals surface area (Å²) < 4.78 is 0. The van der Waals surface area contributed by atoms with E-state index >= 15 is 0 Å². The van der Waals surface area contributed by atoms with Gasteiger partial charge in [0.15, 0.2) is 0 Å². The van der Waals surface area contributed by atoms with Gasteiger partial charge in [-0.3, -0.25) is 4.79 Å². The second-order valence-electron chi connectivity index (χ2n) is 5.28. The molecule has 1 rings (SSSR count). The molecular weight excluding hydrogens is 198 g/mol. The van der Waals surface area contributed by atoms with Gasteiger partial charge in [0.05, 0.1) is 0 Å². The molecule has 0 heterocycles. The van der Waals surface area contributed by atoms with Gasteiger partial charge in [-0.15, -0.1) is 0 Å². The van der Waals surface area contributed by atoms with Crippen molar-refractivity contribution in [1.82, 2.24) is 0 Å². The monoisotopic (exact) mass is 225 g/mol. The molecule has 16 heavy (non-hydrogen) atoms. The molecule has 94 valence electrons. The van der Waals surface area contributed by atoms with Gasteiger partial charge in [-0.05, 0) is 19.3 Å². The molecule has 1 saturated carbocycles. The molecule has 0 radical (unpaired) electrons. The van der Waals surface area contributed by atoms with Crippen LogP contribution in [-0.2, 0) is 4.79 Å². The van der Waals surface area contributed by atoms with Crippen molar-refractivity contribution in [1.29, 1.82) is 0 Å². The van der Waals surface area contributed by atoms with E-state index in [0.29, 0.717) is 12.3 Å². The summed E-state index contributed by atoms with van der Waals surface area (Å²) in [4.78, 5) is 12.3. The highest BCUT2D eigenvalue weighted by atomic mass is 16.1. The van der Waals surface area contributed by atoms with Crippen LogP contribution in [0.25, 0.3) is 0 Å². The van der Waals surface area contributed by atoms with Crippen molar-refractivity contribution >= 4 is 5.78 Å². The van der Waals surface area contributed by atoms with E-state index in [9.17, 15) is 4.79 Å². The molecule has 0 aliphatic heterocycles. The predicted molar refractivity (Wildman–Crippen MR) is 68.3 cm³/mol. The van der Waals surface area contributed by atoms with Gasteiger partial charge < -0.3 is 5.73 Å². The lowest BCUT2D eigenvalue weighted by Crippen LogP contribution is -2.38. The summed E-state index contributed by atoms with van der Waals surface area (Å²) in [5, 5.41) is 0. The molecule has 0 saturated heterocycles. The molecule has 1 aliphatic carbocycles. The molecule has 0 aromatic rings. The van der Waals surface area contributed by atoms with Crippen molar-refractivity contribution < 1.29 is 4.79 Å². The standard InChI is InChI=1S/C14H27NO/c1-2-3-6-9-13(16)14(12-15)10-7-4-5-8-11-14/h2-12,15H2,1H3. The molecule has 0 spiro atoms. The lowest BCUT2D eigenvalue weighted by Gasteiger charge is -2.29. The zero-order valence-corrected chi connectivity index (χ0v) is 10.8. The van der Waals surface area contributed by atoms with Crippen LogP contribution in [0.4, 0.5) is 0 Å². The normalized spacial score (nSPS) is 20.4. The quantitative estimate of drug-likeness (QED) is 0.556. The van der Waals surface area contributed by atoms with Crippen molar-refractivity contribution in [2.45, 2.75) is 71.1 Å². The minimum atomic E-state index is -0.149. The van der Waals surface area contributed by atoms with Gasteiger partial charge in [0.25, 0.3) is 0 Å². The number of nitrogens with two attached hydrogens (primary N) is 1. The smallest absolute Gasteiger partial charge is 0.140 e. The van der Waals surface area contributed by atoms with Gasteiger partial charge in [0.1, 0.15) is 5.78 Å². The molecule has 0 aromatic carbocycles. The molecule has 0 amide bonds. The van der Waals surface area contributed by atoms with Crippen molar-refractivity contribution in [3.8, 4) is 0 Å². The third kappa shape index (κ3) is 3.58. The molecule has 2 nitrogen and oxygen atoms in total. The van der Waals surface area contributed by atoms with E-state index in [1.54, 1.807) is 0 Å². The fourth-order valence-corrected chi connectivity index (χ4v) is 2.80. The van der Waals surface area contributed by atoms with Crippen LogP contribution in [0.3, 0.4) is 0 Å². The predicted octanol–water partition coefficient (Wildman–Crippen LogP) is 3.44. The van der Waals surface area contributed by atoms with Crippen molar-refractivity contribution in [3.63, 3.8) is 0 Å². The first-order valence-electron chi connectivity index (χ1n) is 6.98. The van der Waals surface area contributed by atoms with E-state index in [1.165, 1.54) is 38.5 Å². The number of hydrogen-bond acceptors (Lipinski definition) is 2. The summed E-state index contributed by atoms with van der Waals surface area (Å²) >= 11 is 0. The van der Waals surface area contributed by atoms with Crippen LogP contribution in [-0.4, -0.2) is 12.3 Å². The lowest BCUT2D eigenvalue weighted by molar-refractivity contribution is -0.129. The number of unbranched alkanes of at least 4 members (excludes halogenated alkanes) is 2. The van der Waals surface area contributed by atoms with E-state index < -0.39 is 0 Å². The molecule has 2 heteroatoms. The first kappa shape index (κ1) is 13.7. The maximum Gasteiger partial charge on any atom is 0.140 e. The topological polar surface area (TPSA) is 43.1 Å². The van der Waals surface area contributed by atoms with Gasteiger partial charge >= 0.3 is 0 Å². The Bertz CT molecular complexity index is 205. The Balaban J connectivity index is 2.51. The Morgan fingerprint density at radius 1 is 1.12 bits per heavy atom. The van der Waals surface area contributed by atoms with E-state index in [2.05, 4.69) is 6.92 Å². The highest BCUT2D eigenvalue weighted by Gasteiger charge is 2.35. The Hall–Kier alpha value is -0.370.